The van der Waals surface area contributed by atoms with Gasteiger partial charge in [0.25, 0.3) is 5.69 Å². The molecule has 0 aliphatic carbocycles. The van der Waals surface area contributed by atoms with Gasteiger partial charge in [-0.3, -0.25) is 10.1 Å². The van der Waals surface area contributed by atoms with E-state index in [1.165, 1.54) is 10.4 Å². The van der Waals surface area contributed by atoms with Crippen molar-refractivity contribution in [3.63, 3.8) is 0 Å². The van der Waals surface area contributed by atoms with Crippen LogP contribution in [0.1, 0.15) is 32.3 Å². The quantitative estimate of drug-likeness (QED) is 0.286. The molecule has 1 saturated heterocycles. The Hall–Kier alpha value is -2.80. The largest absolute Gasteiger partial charge is 0.369 e. The number of piperazine rings is 1. The number of sulfonamides is 1. The normalized spacial score (nSPS) is 14.6. The van der Waals surface area contributed by atoms with Gasteiger partial charge in [0.05, 0.1) is 16.2 Å². The Morgan fingerprint density at radius 3 is 2.29 bits per heavy atom. The van der Waals surface area contributed by atoms with Crippen LogP contribution in [0.15, 0.2) is 41.3 Å². The number of anilines is 2. The summed E-state index contributed by atoms with van der Waals surface area (Å²) in [5, 5.41) is 12.2. The van der Waals surface area contributed by atoms with Gasteiger partial charge in [-0.1, -0.05) is 37.4 Å². The second-order valence-electron chi connectivity index (χ2n) is 8.10. The van der Waals surface area contributed by atoms with Crippen molar-refractivity contribution in [3.05, 3.63) is 57.1 Å². The van der Waals surface area contributed by atoms with Gasteiger partial charge in [-0.2, -0.15) is 4.31 Å². The van der Waals surface area contributed by atoms with Gasteiger partial charge in [0.1, 0.15) is 4.90 Å². The average Bonchev–Trinajstić information content (AvgIpc) is 2.83. The van der Waals surface area contributed by atoms with Gasteiger partial charge in [0, 0.05) is 62.1 Å². The third-order valence-corrected chi connectivity index (χ3v) is 7.91. The summed E-state index contributed by atoms with van der Waals surface area (Å²) in [5.74, 6) is 2.49. The average molecular weight is 505 g/mol. The lowest BCUT2D eigenvalue weighted by Gasteiger charge is -2.36. The van der Waals surface area contributed by atoms with Crippen LogP contribution in [0.3, 0.4) is 0 Å². The Kier molecular flexibility index (Phi) is 8.42. The second-order valence-corrected chi connectivity index (χ2v) is 10.4. The minimum atomic E-state index is -4.04. The van der Waals surface area contributed by atoms with E-state index in [0.717, 1.165) is 24.6 Å². The van der Waals surface area contributed by atoms with Gasteiger partial charge in [0.15, 0.2) is 0 Å². The lowest BCUT2D eigenvalue weighted by Crippen LogP contribution is -2.49. The molecule has 1 aliphatic rings. The number of benzene rings is 2. The molecule has 1 fully saturated rings. The molecule has 1 heterocycles. The summed E-state index contributed by atoms with van der Waals surface area (Å²) >= 11 is 6.10. The van der Waals surface area contributed by atoms with E-state index in [1.807, 2.05) is 36.9 Å². The van der Waals surface area contributed by atoms with Gasteiger partial charge in [-0.25, -0.2) is 8.42 Å². The molecule has 0 aromatic heterocycles. The highest BCUT2D eigenvalue weighted by atomic mass is 35.5. The summed E-state index contributed by atoms with van der Waals surface area (Å²) in [7, 11) is -4.04. The van der Waals surface area contributed by atoms with E-state index in [2.05, 4.69) is 10.8 Å². The summed E-state index contributed by atoms with van der Waals surface area (Å²) < 4.78 is 29.0. The predicted molar refractivity (Wildman–Crippen MR) is 136 cm³/mol. The summed E-state index contributed by atoms with van der Waals surface area (Å²) in [5.41, 5.74) is 1.18. The van der Waals surface area contributed by atoms with Crippen LogP contribution in [-0.2, 0) is 10.0 Å². The van der Waals surface area contributed by atoms with Crippen LogP contribution in [-0.4, -0.2) is 56.9 Å². The van der Waals surface area contributed by atoms with Crippen molar-refractivity contribution in [1.29, 1.82) is 0 Å². The standard InChI is InChI=1S/C24H29ClN4O4S/c1-4-10-27(11-5-2)24-19(6-3)16-22(29(30)31)18-23(24)34(32,33)28-14-12-26(13-15-28)21-9-7-8-20(25)17-21/h3,7-9,16-18H,4-5,10-15H2,1-2H3. The molecule has 2 aromatic carbocycles. The Labute approximate surface area is 206 Å². The van der Waals surface area contributed by atoms with Crippen LogP contribution in [0.25, 0.3) is 0 Å². The van der Waals surface area contributed by atoms with E-state index in [0.29, 0.717) is 36.9 Å². The van der Waals surface area contributed by atoms with Crippen LogP contribution < -0.4 is 9.80 Å². The molecule has 0 N–H and O–H groups in total. The lowest BCUT2D eigenvalue weighted by atomic mass is 10.1. The zero-order valence-corrected chi connectivity index (χ0v) is 21.0. The predicted octanol–water partition coefficient (Wildman–Crippen LogP) is 4.37. The van der Waals surface area contributed by atoms with Gasteiger partial charge >= 0.3 is 0 Å². The van der Waals surface area contributed by atoms with Gasteiger partial charge in [-0.15, -0.1) is 6.42 Å². The molecule has 2 aromatic rings. The molecule has 34 heavy (non-hydrogen) atoms. The molecule has 8 nitrogen and oxygen atoms in total. The fourth-order valence-corrected chi connectivity index (χ4v) is 6.07. The summed E-state index contributed by atoms with van der Waals surface area (Å²) in [4.78, 5) is 14.9. The van der Waals surface area contributed by atoms with Crippen molar-refractivity contribution in [2.75, 3.05) is 49.1 Å². The third-order valence-electron chi connectivity index (χ3n) is 5.76. The van der Waals surface area contributed by atoms with Crippen molar-refractivity contribution >= 4 is 38.7 Å². The van der Waals surface area contributed by atoms with Crippen LogP contribution in [0.2, 0.25) is 5.02 Å². The Morgan fingerprint density at radius 1 is 1.12 bits per heavy atom. The first-order valence-electron chi connectivity index (χ1n) is 11.3. The number of terminal acetylenes is 1. The second kappa shape index (κ2) is 11.1. The molecule has 0 spiro atoms. The van der Waals surface area contributed by atoms with Crippen molar-refractivity contribution in [2.45, 2.75) is 31.6 Å². The maximum Gasteiger partial charge on any atom is 0.272 e. The SMILES string of the molecule is C#Cc1cc([N+](=O)[O-])cc(S(=O)(=O)N2CCN(c3cccc(Cl)c3)CC2)c1N(CCC)CCC. The molecule has 182 valence electrons. The highest BCUT2D eigenvalue weighted by molar-refractivity contribution is 7.89. The maximum atomic E-state index is 13.8. The Balaban J connectivity index is 2.02. The minimum absolute atomic E-state index is 0.104. The fraction of sp³-hybridized carbons (Fsp3) is 0.417. The van der Waals surface area contributed by atoms with Gasteiger partial charge < -0.3 is 9.80 Å². The van der Waals surface area contributed by atoms with E-state index in [4.69, 9.17) is 18.0 Å². The minimum Gasteiger partial charge on any atom is -0.369 e. The van der Waals surface area contributed by atoms with Crippen molar-refractivity contribution < 1.29 is 13.3 Å². The van der Waals surface area contributed by atoms with E-state index in [1.54, 1.807) is 6.07 Å². The molecular weight excluding hydrogens is 476 g/mol. The van der Waals surface area contributed by atoms with Gasteiger partial charge in [-0.05, 0) is 31.0 Å². The number of halogens is 1. The zero-order chi connectivity index (χ0) is 24.9. The number of hydrogen-bond acceptors (Lipinski definition) is 6. The number of nitro benzene ring substituents is 1. The zero-order valence-electron chi connectivity index (χ0n) is 19.4. The molecular formula is C24H29ClN4O4S. The topological polar surface area (TPSA) is 87.0 Å². The van der Waals surface area contributed by atoms with E-state index in [-0.39, 0.29) is 29.2 Å². The molecule has 0 amide bonds. The van der Waals surface area contributed by atoms with Crippen LogP contribution >= 0.6 is 11.6 Å². The van der Waals surface area contributed by atoms with Crippen molar-refractivity contribution in [3.8, 4) is 12.3 Å². The van der Waals surface area contributed by atoms with E-state index >= 15 is 0 Å². The van der Waals surface area contributed by atoms with Crippen molar-refractivity contribution in [1.82, 2.24) is 4.31 Å². The maximum absolute atomic E-state index is 13.8. The molecule has 3 rings (SSSR count). The Bertz CT molecular complexity index is 1180. The molecule has 0 unspecified atom stereocenters. The molecule has 0 atom stereocenters. The van der Waals surface area contributed by atoms with E-state index < -0.39 is 14.9 Å². The summed E-state index contributed by atoms with van der Waals surface area (Å²) in [6, 6.07) is 9.85. The van der Waals surface area contributed by atoms with Crippen LogP contribution in [0, 0.1) is 22.5 Å². The number of non-ortho nitro benzene ring substituents is 1. The highest BCUT2D eigenvalue weighted by Crippen LogP contribution is 2.36. The number of nitro groups is 1. The monoisotopic (exact) mass is 504 g/mol. The first-order valence-corrected chi connectivity index (χ1v) is 13.1. The highest BCUT2D eigenvalue weighted by Gasteiger charge is 2.34. The summed E-state index contributed by atoms with van der Waals surface area (Å²) in [6.45, 7) is 6.59. The van der Waals surface area contributed by atoms with Crippen LogP contribution in [0.5, 0.6) is 0 Å². The lowest BCUT2D eigenvalue weighted by molar-refractivity contribution is -0.385. The Morgan fingerprint density at radius 2 is 1.76 bits per heavy atom. The first-order chi connectivity index (χ1) is 16.2. The van der Waals surface area contributed by atoms with E-state index in [9.17, 15) is 18.5 Å². The molecule has 10 heteroatoms. The first kappa shape index (κ1) is 25.8. The molecule has 0 bridgehead atoms. The smallest absolute Gasteiger partial charge is 0.272 e. The third kappa shape index (κ3) is 5.46. The van der Waals surface area contributed by atoms with Crippen molar-refractivity contribution in [2.24, 2.45) is 0 Å². The fourth-order valence-electron chi connectivity index (χ4n) is 4.21. The summed E-state index contributed by atoms with van der Waals surface area (Å²) in [6.07, 6.45) is 7.26. The molecule has 0 saturated carbocycles. The van der Waals surface area contributed by atoms with Gasteiger partial charge in [0.2, 0.25) is 10.0 Å². The number of rotatable bonds is 9. The number of hydrogen-bond donors (Lipinski definition) is 0. The molecule has 0 radical (unpaired) electrons. The van der Waals surface area contributed by atoms with Crippen LogP contribution in [0.4, 0.5) is 17.1 Å². The molecule has 1 aliphatic heterocycles. The number of nitrogens with zero attached hydrogens (tertiary/aromatic N) is 4.